The molecule has 0 N–H and O–H groups in total. The molecule has 2 atom stereocenters. The van der Waals surface area contributed by atoms with Crippen molar-refractivity contribution in [3.05, 3.63) is 88.4 Å². The molecule has 2 heterocycles. The highest BCUT2D eigenvalue weighted by Gasteiger charge is 2.41. The predicted octanol–water partition coefficient (Wildman–Crippen LogP) is 5.60. The maximum absolute atomic E-state index is 6.43. The van der Waals surface area contributed by atoms with E-state index in [4.69, 9.17) is 30.9 Å². The van der Waals surface area contributed by atoms with E-state index in [-0.39, 0.29) is 6.04 Å². The number of hydrazone groups is 1. The Hall–Kier alpha value is -3.18. The van der Waals surface area contributed by atoms with E-state index in [9.17, 15) is 0 Å². The van der Waals surface area contributed by atoms with Crippen LogP contribution in [0.4, 0.5) is 0 Å². The molecular weight excluding hydrogens is 400 g/mol. The van der Waals surface area contributed by atoms with Gasteiger partial charge in [-0.1, -0.05) is 41.9 Å². The highest BCUT2D eigenvalue weighted by atomic mass is 35.5. The monoisotopic (exact) mass is 420 g/mol. The van der Waals surface area contributed by atoms with Gasteiger partial charge in [-0.2, -0.15) is 5.10 Å². The summed E-state index contributed by atoms with van der Waals surface area (Å²) in [7, 11) is 3.29. The highest BCUT2D eigenvalue weighted by Crippen LogP contribution is 2.49. The summed E-state index contributed by atoms with van der Waals surface area (Å²) in [6, 6.07) is 21.8. The minimum atomic E-state index is -0.407. The first-order valence-electron chi connectivity index (χ1n) is 9.77. The molecule has 3 aromatic carbocycles. The Labute approximate surface area is 180 Å². The highest BCUT2D eigenvalue weighted by molar-refractivity contribution is 6.30. The number of ether oxygens (including phenoxy) is 3. The third kappa shape index (κ3) is 3.15. The normalized spacial score (nSPS) is 19.4. The summed E-state index contributed by atoms with van der Waals surface area (Å²) in [5.74, 6) is 2.30. The largest absolute Gasteiger partial charge is 0.497 e. The van der Waals surface area contributed by atoms with Crippen molar-refractivity contribution in [2.24, 2.45) is 5.10 Å². The lowest BCUT2D eigenvalue weighted by Crippen LogP contribution is -2.33. The first-order valence-corrected chi connectivity index (χ1v) is 10.1. The number of nitrogens with zero attached hydrogens (tertiary/aromatic N) is 2. The molecule has 0 unspecified atom stereocenters. The molecule has 5 nitrogen and oxygen atoms in total. The summed E-state index contributed by atoms with van der Waals surface area (Å²) in [5.41, 5.74) is 4.11. The Kier molecular flexibility index (Phi) is 4.75. The predicted molar refractivity (Wildman–Crippen MR) is 117 cm³/mol. The molecular formula is C24H21ClN2O3. The molecule has 0 fully saturated rings. The van der Waals surface area contributed by atoms with Gasteiger partial charge in [0, 0.05) is 23.1 Å². The number of hydrogen-bond acceptors (Lipinski definition) is 5. The standard InChI is InChI=1S/C24H21ClN2O3/c1-28-17-11-12-19(23(13-17)29-2)24-27-21(18-5-3-4-6-22(18)30-24)14-20(26-27)15-7-9-16(25)10-8-15/h3-13,21,24H,14H2,1-2H3/t21-,24+/m0/s1. The van der Waals surface area contributed by atoms with Crippen LogP contribution in [0, 0.1) is 0 Å². The average molecular weight is 421 g/mol. The minimum absolute atomic E-state index is 0.0810. The Bertz CT molecular complexity index is 1110. The van der Waals surface area contributed by atoms with Gasteiger partial charge in [0.15, 0.2) is 0 Å². The van der Waals surface area contributed by atoms with Gasteiger partial charge in [-0.25, -0.2) is 5.01 Å². The zero-order valence-electron chi connectivity index (χ0n) is 16.7. The average Bonchev–Trinajstić information content (AvgIpc) is 3.24. The summed E-state index contributed by atoms with van der Waals surface area (Å²) < 4.78 is 17.4. The molecule has 2 aliphatic rings. The van der Waals surface area contributed by atoms with E-state index in [1.54, 1.807) is 14.2 Å². The van der Waals surface area contributed by atoms with Crippen LogP contribution in [0.5, 0.6) is 17.2 Å². The molecule has 0 spiro atoms. The van der Waals surface area contributed by atoms with Crippen molar-refractivity contribution < 1.29 is 14.2 Å². The maximum atomic E-state index is 6.43. The van der Waals surface area contributed by atoms with Gasteiger partial charge in [0.05, 0.1) is 31.5 Å². The summed E-state index contributed by atoms with van der Waals surface area (Å²) >= 11 is 6.07. The fourth-order valence-corrected chi connectivity index (χ4v) is 4.20. The second-order valence-electron chi connectivity index (χ2n) is 7.27. The van der Waals surface area contributed by atoms with E-state index < -0.39 is 6.23 Å². The number of para-hydroxylation sites is 1. The van der Waals surface area contributed by atoms with Crippen LogP contribution in [0.1, 0.15) is 35.4 Å². The summed E-state index contributed by atoms with van der Waals surface area (Å²) in [6.45, 7) is 0. The van der Waals surface area contributed by atoms with Gasteiger partial charge < -0.3 is 14.2 Å². The Balaban J connectivity index is 1.60. The molecule has 0 saturated heterocycles. The molecule has 0 saturated carbocycles. The van der Waals surface area contributed by atoms with Crippen LogP contribution in [0.25, 0.3) is 0 Å². The number of fused-ring (bicyclic) bond motifs is 3. The fourth-order valence-electron chi connectivity index (χ4n) is 4.08. The van der Waals surface area contributed by atoms with Crippen LogP contribution in [0.15, 0.2) is 71.8 Å². The second-order valence-corrected chi connectivity index (χ2v) is 7.71. The Morgan fingerprint density at radius 2 is 1.77 bits per heavy atom. The van der Waals surface area contributed by atoms with E-state index in [0.717, 1.165) is 40.3 Å². The first kappa shape index (κ1) is 18.8. The van der Waals surface area contributed by atoms with Gasteiger partial charge in [-0.05, 0) is 35.9 Å². The van der Waals surface area contributed by atoms with Crippen molar-refractivity contribution in [2.75, 3.05) is 14.2 Å². The third-order valence-corrected chi connectivity index (χ3v) is 5.84. The van der Waals surface area contributed by atoms with Crippen LogP contribution in [-0.2, 0) is 0 Å². The lowest BCUT2D eigenvalue weighted by molar-refractivity contribution is -0.0203. The van der Waals surface area contributed by atoms with E-state index in [0.29, 0.717) is 10.8 Å². The fraction of sp³-hybridized carbons (Fsp3) is 0.208. The molecule has 3 aromatic rings. The van der Waals surface area contributed by atoms with Crippen molar-refractivity contribution >= 4 is 17.3 Å². The van der Waals surface area contributed by atoms with Crippen molar-refractivity contribution in [1.82, 2.24) is 5.01 Å². The number of methoxy groups -OCH3 is 2. The molecule has 0 amide bonds. The van der Waals surface area contributed by atoms with Crippen molar-refractivity contribution in [2.45, 2.75) is 18.7 Å². The number of benzene rings is 3. The molecule has 2 aliphatic heterocycles. The van der Waals surface area contributed by atoms with Crippen LogP contribution >= 0.6 is 11.6 Å². The zero-order chi connectivity index (χ0) is 20.7. The summed E-state index contributed by atoms with van der Waals surface area (Å²) in [5, 5.41) is 7.73. The van der Waals surface area contributed by atoms with Crippen LogP contribution in [0.3, 0.4) is 0 Å². The van der Waals surface area contributed by atoms with E-state index in [1.807, 2.05) is 65.7 Å². The molecule has 0 aliphatic carbocycles. The van der Waals surface area contributed by atoms with E-state index >= 15 is 0 Å². The van der Waals surface area contributed by atoms with Crippen LogP contribution in [-0.4, -0.2) is 24.9 Å². The number of rotatable bonds is 4. The SMILES string of the molecule is COc1ccc([C@H]2Oc3ccccc3[C@@H]3CC(c4ccc(Cl)cc4)=NN23)c(OC)c1. The molecule has 5 rings (SSSR count). The first-order chi connectivity index (χ1) is 14.7. The molecule has 30 heavy (non-hydrogen) atoms. The smallest absolute Gasteiger partial charge is 0.217 e. The van der Waals surface area contributed by atoms with Gasteiger partial charge in [-0.15, -0.1) is 0 Å². The number of halogens is 1. The molecule has 152 valence electrons. The van der Waals surface area contributed by atoms with Gasteiger partial charge in [0.25, 0.3) is 0 Å². The number of hydrogen-bond donors (Lipinski definition) is 0. The second kappa shape index (κ2) is 7.58. The lowest BCUT2D eigenvalue weighted by atomic mass is 9.96. The van der Waals surface area contributed by atoms with Crippen molar-refractivity contribution in [3.8, 4) is 17.2 Å². The lowest BCUT2D eigenvalue weighted by Gasteiger charge is -2.38. The van der Waals surface area contributed by atoms with Gasteiger partial charge in [0.2, 0.25) is 6.23 Å². The molecule has 0 radical (unpaired) electrons. The summed E-state index contributed by atoms with van der Waals surface area (Å²) in [4.78, 5) is 0. The van der Waals surface area contributed by atoms with E-state index in [1.165, 1.54) is 0 Å². The Morgan fingerprint density at radius 1 is 0.967 bits per heavy atom. The maximum Gasteiger partial charge on any atom is 0.217 e. The van der Waals surface area contributed by atoms with Crippen LogP contribution in [0.2, 0.25) is 5.02 Å². The van der Waals surface area contributed by atoms with Crippen LogP contribution < -0.4 is 14.2 Å². The van der Waals surface area contributed by atoms with Crippen molar-refractivity contribution in [1.29, 1.82) is 0 Å². The molecule has 0 aromatic heterocycles. The van der Waals surface area contributed by atoms with Gasteiger partial charge in [0.1, 0.15) is 17.2 Å². The summed E-state index contributed by atoms with van der Waals surface area (Å²) in [6.07, 6.45) is 0.382. The zero-order valence-corrected chi connectivity index (χ0v) is 17.5. The van der Waals surface area contributed by atoms with Gasteiger partial charge >= 0.3 is 0 Å². The Morgan fingerprint density at radius 3 is 2.53 bits per heavy atom. The third-order valence-electron chi connectivity index (χ3n) is 5.58. The quantitative estimate of drug-likeness (QED) is 0.551. The topological polar surface area (TPSA) is 43.3 Å². The molecule has 0 bridgehead atoms. The van der Waals surface area contributed by atoms with E-state index in [2.05, 4.69) is 6.07 Å². The minimum Gasteiger partial charge on any atom is -0.497 e. The van der Waals surface area contributed by atoms with Gasteiger partial charge in [-0.3, -0.25) is 0 Å². The molecule has 6 heteroatoms. The van der Waals surface area contributed by atoms with Crippen molar-refractivity contribution in [3.63, 3.8) is 0 Å².